The lowest BCUT2D eigenvalue weighted by Crippen LogP contribution is -2.42. The van der Waals surface area contributed by atoms with E-state index >= 15 is 0 Å². The van der Waals surface area contributed by atoms with Gasteiger partial charge in [0.05, 0.1) is 12.0 Å². The van der Waals surface area contributed by atoms with Crippen molar-refractivity contribution in [3.05, 3.63) is 54.1 Å². The Morgan fingerprint density at radius 2 is 1.51 bits per heavy atom. The maximum absolute atomic E-state index is 13.2. The molecule has 17 heteroatoms. The van der Waals surface area contributed by atoms with Gasteiger partial charge in [-0.25, -0.2) is 23.9 Å². The Morgan fingerprint density at radius 3 is 2.00 bits per heavy atom. The van der Waals surface area contributed by atoms with Gasteiger partial charge < -0.3 is 19.8 Å². The first kappa shape index (κ1) is 35.2. The molecule has 2 atom stereocenters. The number of anilines is 1. The van der Waals surface area contributed by atoms with E-state index in [1.807, 2.05) is 19.1 Å². The van der Waals surface area contributed by atoms with E-state index in [0.717, 1.165) is 44.6 Å². The third kappa shape index (κ3) is 10.3. The van der Waals surface area contributed by atoms with Crippen molar-refractivity contribution in [1.29, 1.82) is 0 Å². The average Bonchev–Trinajstić information content (AvgIpc) is 3.20. The third-order valence-corrected chi connectivity index (χ3v) is 6.59. The van der Waals surface area contributed by atoms with Crippen molar-refractivity contribution in [3.8, 4) is 0 Å². The van der Waals surface area contributed by atoms with Crippen LogP contribution in [0.5, 0.6) is 0 Å². The second kappa shape index (κ2) is 14.9. The lowest BCUT2D eigenvalue weighted by atomic mass is 9.75. The van der Waals surface area contributed by atoms with E-state index < -0.39 is 29.7 Å². The maximum Gasteiger partial charge on any atom is 0.490 e. The first-order valence-electron chi connectivity index (χ1n) is 12.8. The molecule has 3 heterocycles. The van der Waals surface area contributed by atoms with Gasteiger partial charge in [0.25, 0.3) is 0 Å². The Hall–Kier alpha value is -4.02. The SMILES string of the molecule is CCOC(=O)[C@]12CCCN(Cc3ccc(F)cc3)C[C@H]1CN(c1ncccn1)C2.O=C(O)C(F)(F)F.O=C(O)C(F)(F)F. The van der Waals surface area contributed by atoms with Crippen molar-refractivity contribution in [2.45, 2.75) is 38.7 Å². The smallest absolute Gasteiger partial charge is 0.475 e. The number of aliphatic carboxylic acids is 2. The number of carbonyl (C=O) groups is 3. The van der Waals surface area contributed by atoms with Gasteiger partial charge in [0.15, 0.2) is 0 Å². The number of carboxylic acids is 2. The standard InChI is InChI=1S/C22H27FN4O2.2C2HF3O2/c1-2-29-20(28)22-9-3-12-26(13-17-5-7-19(23)8-6-17)14-18(22)15-27(16-22)21-24-10-4-11-25-21;2*3-2(4,5)1(6)7/h4-8,10-11,18H,2-3,9,12-16H2,1H3;2*(H,6,7)/t18-,22-;;/m0../s1. The maximum atomic E-state index is 13.2. The molecule has 0 aliphatic carbocycles. The molecule has 2 aliphatic heterocycles. The molecule has 0 radical (unpaired) electrons. The highest BCUT2D eigenvalue weighted by Gasteiger charge is 2.54. The van der Waals surface area contributed by atoms with Crippen LogP contribution in [-0.2, 0) is 25.7 Å². The molecule has 10 nitrogen and oxygen atoms in total. The zero-order valence-electron chi connectivity index (χ0n) is 22.7. The first-order chi connectivity index (χ1) is 20.0. The number of benzene rings is 1. The van der Waals surface area contributed by atoms with Crippen molar-refractivity contribution in [3.63, 3.8) is 0 Å². The number of hydrogen-bond acceptors (Lipinski definition) is 8. The fraction of sp³-hybridized carbons (Fsp3) is 0.500. The fourth-order valence-corrected chi connectivity index (χ4v) is 4.72. The molecule has 2 saturated heterocycles. The van der Waals surface area contributed by atoms with Crippen molar-refractivity contribution >= 4 is 23.9 Å². The van der Waals surface area contributed by atoms with Crippen molar-refractivity contribution < 1.29 is 60.1 Å². The van der Waals surface area contributed by atoms with Crippen LogP contribution in [0.3, 0.4) is 0 Å². The molecule has 2 N–H and O–H groups in total. The van der Waals surface area contributed by atoms with Gasteiger partial charge in [-0.2, -0.15) is 26.3 Å². The van der Waals surface area contributed by atoms with Gasteiger partial charge >= 0.3 is 30.3 Å². The average molecular weight is 627 g/mol. The molecule has 238 valence electrons. The van der Waals surface area contributed by atoms with E-state index in [2.05, 4.69) is 19.8 Å². The lowest BCUT2D eigenvalue weighted by molar-refractivity contribution is -0.193. The zero-order valence-corrected chi connectivity index (χ0v) is 22.7. The number of halogens is 7. The van der Waals surface area contributed by atoms with Crippen molar-refractivity contribution in [2.75, 3.05) is 37.7 Å². The summed E-state index contributed by atoms with van der Waals surface area (Å²) in [5.74, 6) is -5.05. The van der Waals surface area contributed by atoms with Crippen LogP contribution >= 0.6 is 0 Å². The normalized spacial score (nSPS) is 20.4. The predicted octanol–water partition coefficient (Wildman–Crippen LogP) is 4.16. The van der Waals surface area contributed by atoms with Gasteiger partial charge in [-0.15, -0.1) is 0 Å². The molecule has 0 bridgehead atoms. The third-order valence-electron chi connectivity index (χ3n) is 6.59. The number of hydrogen-bond donors (Lipinski definition) is 2. The second-order valence-electron chi connectivity index (χ2n) is 9.57. The number of alkyl halides is 6. The highest BCUT2D eigenvalue weighted by Crippen LogP contribution is 2.44. The van der Waals surface area contributed by atoms with Crippen LogP contribution in [0.25, 0.3) is 0 Å². The van der Waals surface area contributed by atoms with Gasteiger partial charge in [0.1, 0.15) is 5.82 Å². The molecule has 0 saturated carbocycles. The molecule has 4 rings (SSSR count). The monoisotopic (exact) mass is 626 g/mol. The summed E-state index contributed by atoms with van der Waals surface area (Å²) in [6, 6.07) is 8.46. The second-order valence-corrected chi connectivity index (χ2v) is 9.57. The van der Waals surface area contributed by atoms with Crippen LogP contribution in [0.15, 0.2) is 42.7 Å². The van der Waals surface area contributed by atoms with E-state index in [9.17, 15) is 35.5 Å². The highest BCUT2D eigenvalue weighted by atomic mass is 19.4. The Labute approximate surface area is 241 Å². The Balaban J connectivity index is 0.000000384. The Bertz CT molecular complexity index is 1190. The van der Waals surface area contributed by atoms with Crippen LogP contribution in [0.2, 0.25) is 0 Å². The lowest BCUT2D eigenvalue weighted by Gasteiger charge is -2.31. The summed E-state index contributed by atoms with van der Waals surface area (Å²) in [5, 5.41) is 14.2. The summed E-state index contributed by atoms with van der Waals surface area (Å²) >= 11 is 0. The molecule has 1 aromatic heterocycles. The van der Waals surface area contributed by atoms with E-state index in [4.69, 9.17) is 24.5 Å². The van der Waals surface area contributed by atoms with E-state index in [1.54, 1.807) is 18.5 Å². The fourth-order valence-electron chi connectivity index (χ4n) is 4.72. The quantitative estimate of drug-likeness (QED) is 0.368. The first-order valence-corrected chi connectivity index (χ1v) is 12.8. The minimum absolute atomic E-state index is 0.105. The minimum atomic E-state index is -5.08. The van der Waals surface area contributed by atoms with Gasteiger partial charge in [-0.1, -0.05) is 12.1 Å². The Kier molecular flexibility index (Phi) is 12.2. The van der Waals surface area contributed by atoms with Crippen LogP contribution in [-0.4, -0.2) is 88.1 Å². The van der Waals surface area contributed by atoms with Gasteiger partial charge in [0, 0.05) is 44.5 Å². The number of likely N-dealkylation sites (tertiary alicyclic amines) is 1. The van der Waals surface area contributed by atoms with E-state index in [1.165, 1.54) is 12.1 Å². The summed E-state index contributed by atoms with van der Waals surface area (Å²) in [7, 11) is 0. The molecular formula is C26H29F7N4O6. The minimum Gasteiger partial charge on any atom is -0.475 e. The number of ether oxygens (including phenoxy) is 1. The molecule has 2 fully saturated rings. The number of aromatic nitrogens is 2. The number of carbonyl (C=O) groups excluding carboxylic acids is 1. The Morgan fingerprint density at radius 1 is 0.977 bits per heavy atom. The van der Waals surface area contributed by atoms with Gasteiger partial charge in [-0.05, 0) is 50.1 Å². The summed E-state index contributed by atoms with van der Waals surface area (Å²) in [5.41, 5.74) is 0.545. The largest absolute Gasteiger partial charge is 0.490 e. The van der Waals surface area contributed by atoms with E-state index in [-0.39, 0.29) is 17.7 Å². The molecule has 0 unspecified atom stereocenters. The van der Waals surface area contributed by atoms with Crippen LogP contribution in [0, 0.1) is 17.2 Å². The topological polar surface area (TPSA) is 133 Å². The van der Waals surface area contributed by atoms with E-state index in [0.29, 0.717) is 19.1 Å². The van der Waals surface area contributed by atoms with Crippen LogP contribution in [0.1, 0.15) is 25.3 Å². The molecular weight excluding hydrogens is 597 g/mol. The van der Waals surface area contributed by atoms with Crippen LogP contribution in [0.4, 0.5) is 36.7 Å². The molecule has 43 heavy (non-hydrogen) atoms. The number of fused-ring (bicyclic) bond motifs is 1. The summed E-state index contributed by atoms with van der Waals surface area (Å²) < 4.78 is 82.2. The number of rotatable bonds is 5. The predicted molar refractivity (Wildman–Crippen MR) is 135 cm³/mol. The van der Waals surface area contributed by atoms with Crippen LogP contribution < -0.4 is 4.90 Å². The van der Waals surface area contributed by atoms with Crippen molar-refractivity contribution in [2.24, 2.45) is 11.3 Å². The highest BCUT2D eigenvalue weighted by molar-refractivity contribution is 5.79. The zero-order chi connectivity index (χ0) is 32.4. The molecule has 0 amide bonds. The molecule has 2 aromatic rings. The van der Waals surface area contributed by atoms with Gasteiger partial charge in [0.2, 0.25) is 5.95 Å². The summed E-state index contributed by atoms with van der Waals surface area (Å²) in [6.45, 7) is 6.00. The molecule has 1 aromatic carbocycles. The number of esters is 1. The number of nitrogens with zero attached hydrogens (tertiary/aromatic N) is 4. The summed E-state index contributed by atoms with van der Waals surface area (Å²) in [6.07, 6.45) is -5.00. The van der Waals surface area contributed by atoms with Crippen molar-refractivity contribution in [1.82, 2.24) is 14.9 Å². The molecule has 2 aliphatic rings. The molecule has 0 spiro atoms. The summed E-state index contributed by atoms with van der Waals surface area (Å²) in [4.78, 5) is 44.1. The van der Waals surface area contributed by atoms with Gasteiger partial charge in [-0.3, -0.25) is 9.69 Å². The number of carboxylic acid groups (broad SMARTS) is 2.